The van der Waals surface area contributed by atoms with Crippen molar-refractivity contribution in [3.63, 3.8) is 0 Å². The van der Waals surface area contributed by atoms with Crippen molar-refractivity contribution in [3.05, 3.63) is 27.7 Å². The standard InChI is InChI=1S/C12H15BrClNO2S/c1-15(9-4-2-3-5-9)18(16,17)10-6-7-12(14)11(13)8-10/h6-9H,2-5H2,1H3. The first-order valence-electron chi connectivity index (χ1n) is 5.86. The molecular formula is C12H15BrClNO2S. The number of hydrogen-bond acceptors (Lipinski definition) is 2. The Bertz CT molecular complexity index is 541. The third-order valence-corrected chi connectivity index (χ3v) is 6.53. The highest BCUT2D eigenvalue weighted by atomic mass is 79.9. The fraction of sp³-hybridized carbons (Fsp3) is 0.500. The monoisotopic (exact) mass is 351 g/mol. The Labute approximate surface area is 121 Å². The van der Waals surface area contributed by atoms with Gasteiger partial charge in [0, 0.05) is 17.6 Å². The molecule has 0 N–H and O–H groups in total. The van der Waals surface area contributed by atoms with Gasteiger partial charge in [0.2, 0.25) is 10.0 Å². The second-order valence-corrected chi connectivity index (χ2v) is 7.79. The van der Waals surface area contributed by atoms with E-state index in [2.05, 4.69) is 15.9 Å². The fourth-order valence-electron chi connectivity index (χ4n) is 2.27. The van der Waals surface area contributed by atoms with Crippen molar-refractivity contribution < 1.29 is 8.42 Å². The number of nitrogens with zero attached hydrogens (tertiary/aromatic N) is 1. The van der Waals surface area contributed by atoms with E-state index in [0.29, 0.717) is 9.50 Å². The van der Waals surface area contributed by atoms with Crippen molar-refractivity contribution in [2.45, 2.75) is 36.6 Å². The summed E-state index contributed by atoms with van der Waals surface area (Å²) in [7, 11) is -1.76. The maximum atomic E-state index is 12.4. The molecule has 0 saturated heterocycles. The predicted molar refractivity (Wildman–Crippen MR) is 76.4 cm³/mol. The Morgan fingerprint density at radius 3 is 2.50 bits per heavy atom. The molecular weight excluding hydrogens is 338 g/mol. The lowest BCUT2D eigenvalue weighted by Crippen LogP contribution is -2.35. The number of hydrogen-bond donors (Lipinski definition) is 0. The van der Waals surface area contributed by atoms with Crippen LogP contribution < -0.4 is 0 Å². The summed E-state index contributed by atoms with van der Waals surface area (Å²) in [5.41, 5.74) is 0. The minimum Gasteiger partial charge on any atom is -0.207 e. The van der Waals surface area contributed by atoms with Crippen LogP contribution in [0.25, 0.3) is 0 Å². The van der Waals surface area contributed by atoms with Crippen LogP contribution in [-0.4, -0.2) is 25.8 Å². The van der Waals surface area contributed by atoms with Crippen LogP contribution in [0.15, 0.2) is 27.6 Å². The maximum absolute atomic E-state index is 12.4. The lowest BCUT2D eigenvalue weighted by molar-refractivity contribution is 0.373. The van der Waals surface area contributed by atoms with Gasteiger partial charge >= 0.3 is 0 Å². The average molecular weight is 353 g/mol. The van der Waals surface area contributed by atoms with Gasteiger partial charge in [-0.2, -0.15) is 4.31 Å². The maximum Gasteiger partial charge on any atom is 0.243 e. The van der Waals surface area contributed by atoms with Crippen molar-refractivity contribution in [3.8, 4) is 0 Å². The lowest BCUT2D eigenvalue weighted by atomic mass is 10.3. The van der Waals surface area contributed by atoms with E-state index in [9.17, 15) is 8.42 Å². The van der Waals surface area contributed by atoms with Crippen molar-refractivity contribution in [1.29, 1.82) is 0 Å². The summed E-state index contributed by atoms with van der Waals surface area (Å²) in [4.78, 5) is 0.285. The summed E-state index contributed by atoms with van der Waals surface area (Å²) in [6.07, 6.45) is 4.11. The van der Waals surface area contributed by atoms with Crippen LogP contribution in [0.2, 0.25) is 5.02 Å². The average Bonchev–Trinajstić information content (AvgIpc) is 2.85. The van der Waals surface area contributed by atoms with Crippen LogP contribution in [0.4, 0.5) is 0 Å². The van der Waals surface area contributed by atoms with Crippen LogP contribution >= 0.6 is 27.5 Å². The summed E-state index contributed by atoms with van der Waals surface area (Å²) in [5.74, 6) is 0. The van der Waals surface area contributed by atoms with Crippen molar-refractivity contribution in [2.75, 3.05) is 7.05 Å². The Kier molecular flexibility index (Phi) is 4.36. The third kappa shape index (κ3) is 2.74. The summed E-state index contributed by atoms with van der Waals surface area (Å²) >= 11 is 9.14. The van der Waals surface area contributed by atoms with E-state index in [1.54, 1.807) is 25.2 Å². The van der Waals surface area contributed by atoms with Crippen molar-refractivity contribution in [1.82, 2.24) is 4.31 Å². The molecule has 0 radical (unpaired) electrons. The summed E-state index contributed by atoms with van der Waals surface area (Å²) < 4.78 is 27.0. The minimum absolute atomic E-state index is 0.129. The Hall–Kier alpha value is -0.100. The fourth-order valence-corrected chi connectivity index (χ4v) is 4.36. The minimum atomic E-state index is -3.42. The van der Waals surface area contributed by atoms with Crippen LogP contribution in [0.3, 0.4) is 0 Å². The third-order valence-electron chi connectivity index (χ3n) is 3.41. The van der Waals surface area contributed by atoms with Crippen LogP contribution in [0.5, 0.6) is 0 Å². The largest absolute Gasteiger partial charge is 0.243 e. The molecule has 0 atom stereocenters. The highest BCUT2D eigenvalue weighted by molar-refractivity contribution is 9.10. The van der Waals surface area contributed by atoms with E-state index >= 15 is 0 Å². The second kappa shape index (κ2) is 5.49. The molecule has 0 aliphatic heterocycles. The first-order valence-corrected chi connectivity index (χ1v) is 8.47. The van der Waals surface area contributed by atoms with Gasteiger partial charge in [-0.05, 0) is 47.0 Å². The SMILES string of the molecule is CN(C1CCCC1)S(=O)(=O)c1ccc(Cl)c(Br)c1. The highest BCUT2D eigenvalue weighted by Crippen LogP contribution is 2.30. The zero-order valence-corrected chi connectivity index (χ0v) is 13.2. The molecule has 1 aromatic rings. The molecule has 0 aromatic heterocycles. The molecule has 0 bridgehead atoms. The van der Waals surface area contributed by atoms with Gasteiger partial charge in [0.25, 0.3) is 0 Å². The van der Waals surface area contributed by atoms with Gasteiger partial charge in [-0.1, -0.05) is 24.4 Å². The Balaban J connectivity index is 2.32. The van der Waals surface area contributed by atoms with Gasteiger partial charge in [0.1, 0.15) is 0 Å². The highest BCUT2D eigenvalue weighted by Gasteiger charge is 2.30. The number of sulfonamides is 1. The molecule has 1 saturated carbocycles. The summed E-state index contributed by atoms with van der Waals surface area (Å²) in [6, 6.07) is 4.84. The van der Waals surface area contributed by atoms with Crippen LogP contribution in [0.1, 0.15) is 25.7 Å². The molecule has 1 fully saturated rings. The van der Waals surface area contributed by atoms with Gasteiger partial charge in [-0.15, -0.1) is 0 Å². The molecule has 6 heteroatoms. The molecule has 3 nitrogen and oxygen atoms in total. The number of rotatable bonds is 3. The van der Waals surface area contributed by atoms with E-state index in [1.807, 2.05) is 0 Å². The zero-order chi connectivity index (χ0) is 13.3. The molecule has 1 aliphatic rings. The Morgan fingerprint density at radius 2 is 1.94 bits per heavy atom. The Morgan fingerprint density at radius 1 is 1.33 bits per heavy atom. The summed E-state index contributed by atoms with van der Waals surface area (Å²) in [5, 5.41) is 0.512. The topological polar surface area (TPSA) is 37.4 Å². The van der Waals surface area contributed by atoms with E-state index in [4.69, 9.17) is 11.6 Å². The van der Waals surface area contributed by atoms with Gasteiger partial charge in [-0.3, -0.25) is 0 Å². The van der Waals surface area contributed by atoms with Gasteiger partial charge in [-0.25, -0.2) is 8.42 Å². The zero-order valence-electron chi connectivity index (χ0n) is 10.1. The predicted octanol–water partition coefficient (Wildman–Crippen LogP) is 3.67. The van der Waals surface area contributed by atoms with Gasteiger partial charge < -0.3 is 0 Å². The molecule has 0 heterocycles. The lowest BCUT2D eigenvalue weighted by Gasteiger charge is -2.23. The second-order valence-electron chi connectivity index (χ2n) is 4.54. The molecule has 100 valence electrons. The number of halogens is 2. The van der Waals surface area contributed by atoms with Crippen molar-refractivity contribution >= 4 is 37.6 Å². The van der Waals surface area contributed by atoms with E-state index in [-0.39, 0.29) is 10.9 Å². The first-order chi connectivity index (χ1) is 8.43. The molecule has 0 spiro atoms. The van der Waals surface area contributed by atoms with Crippen LogP contribution in [-0.2, 0) is 10.0 Å². The smallest absolute Gasteiger partial charge is 0.207 e. The number of benzene rings is 1. The normalized spacial score (nSPS) is 17.6. The van der Waals surface area contributed by atoms with E-state index in [0.717, 1.165) is 25.7 Å². The summed E-state index contributed by atoms with van der Waals surface area (Å²) in [6.45, 7) is 0. The van der Waals surface area contributed by atoms with Crippen molar-refractivity contribution in [2.24, 2.45) is 0 Å². The molecule has 1 aliphatic carbocycles. The quantitative estimate of drug-likeness (QED) is 0.832. The molecule has 0 unspecified atom stereocenters. The van der Waals surface area contributed by atoms with Gasteiger partial charge in [0.15, 0.2) is 0 Å². The van der Waals surface area contributed by atoms with Gasteiger partial charge in [0.05, 0.1) is 9.92 Å². The van der Waals surface area contributed by atoms with E-state index < -0.39 is 10.0 Å². The first kappa shape index (κ1) is 14.3. The van der Waals surface area contributed by atoms with E-state index in [1.165, 1.54) is 4.31 Å². The molecule has 0 amide bonds. The molecule has 18 heavy (non-hydrogen) atoms. The molecule has 1 aromatic carbocycles. The van der Waals surface area contributed by atoms with Crippen LogP contribution in [0, 0.1) is 0 Å². The molecule has 2 rings (SSSR count).